The van der Waals surface area contributed by atoms with Crippen LogP contribution in [0.15, 0.2) is 0 Å². The minimum Gasteiger partial charge on any atom is -0.369 e. The van der Waals surface area contributed by atoms with E-state index in [1.54, 1.807) is 0 Å². The van der Waals surface area contributed by atoms with Gasteiger partial charge in [0.15, 0.2) is 0 Å². The average Bonchev–Trinajstić information content (AvgIpc) is 2.10. The predicted octanol–water partition coefficient (Wildman–Crippen LogP) is 1.69. The molecule has 2 fully saturated rings. The topological polar surface area (TPSA) is 43.1 Å². The Kier molecular flexibility index (Phi) is 2.07. The van der Waals surface area contributed by atoms with Gasteiger partial charge in [0, 0.05) is 5.92 Å². The monoisotopic (exact) mass is 167 g/mol. The summed E-state index contributed by atoms with van der Waals surface area (Å²) in [6.45, 7) is 0. The average molecular weight is 167 g/mol. The first-order valence-electron chi connectivity index (χ1n) is 5.08. The zero-order valence-corrected chi connectivity index (χ0v) is 7.46. The lowest BCUT2D eigenvalue weighted by Gasteiger charge is -2.39. The van der Waals surface area contributed by atoms with Gasteiger partial charge in [-0.15, -0.1) is 0 Å². The van der Waals surface area contributed by atoms with Crippen molar-refractivity contribution in [2.24, 2.45) is 23.5 Å². The van der Waals surface area contributed by atoms with E-state index in [1.165, 1.54) is 32.1 Å². The van der Waals surface area contributed by atoms with Crippen LogP contribution in [0.25, 0.3) is 0 Å². The first-order chi connectivity index (χ1) is 5.79. The van der Waals surface area contributed by atoms with Gasteiger partial charge < -0.3 is 5.73 Å². The number of hydrogen-bond donors (Lipinski definition) is 1. The molecule has 3 atom stereocenters. The number of hydrogen-bond acceptors (Lipinski definition) is 1. The minimum absolute atomic E-state index is 0.0494. The van der Waals surface area contributed by atoms with Crippen molar-refractivity contribution in [1.82, 2.24) is 0 Å². The first-order valence-corrected chi connectivity index (χ1v) is 5.08. The van der Waals surface area contributed by atoms with Crippen molar-refractivity contribution in [3.05, 3.63) is 0 Å². The molecule has 0 aliphatic heterocycles. The van der Waals surface area contributed by atoms with Gasteiger partial charge in [-0.3, -0.25) is 4.79 Å². The zero-order chi connectivity index (χ0) is 8.55. The second kappa shape index (κ2) is 3.08. The molecule has 2 aliphatic carbocycles. The van der Waals surface area contributed by atoms with Crippen LogP contribution in [0.5, 0.6) is 0 Å². The maximum atomic E-state index is 11.1. The summed E-state index contributed by atoms with van der Waals surface area (Å²) in [5.74, 6) is 1.66. The Balaban J connectivity index is 2.05. The highest BCUT2D eigenvalue weighted by Gasteiger charge is 2.40. The van der Waals surface area contributed by atoms with Crippen molar-refractivity contribution in [3.63, 3.8) is 0 Å². The fraction of sp³-hybridized carbons (Fsp3) is 0.900. The molecule has 0 heterocycles. The zero-order valence-electron chi connectivity index (χ0n) is 7.46. The van der Waals surface area contributed by atoms with E-state index in [0.717, 1.165) is 12.3 Å². The molecular weight excluding hydrogens is 150 g/mol. The van der Waals surface area contributed by atoms with E-state index in [2.05, 4.69) is 0 Å². The van der Waals surface area contributed by atoms with Gasteiger partial charge >= 0.3 is 0 Å². The molecule has 0 radical (unpaired) electrons. The maximum absolute atomic E-state index is 11.1. The molecule has 68 valence electrons. The van der Waals surface area contributed by atoms with Crippen molar-refractivity contribution in [3.8, 4) is 0 Å². The van der Waals surface area contributed by atoms with Crippen LogP contribution >= 0.6 is 0 Å². The molecule has 0 unspecified atom stereocenters. The van der Waals surface area contributed by atoms with Crippen LogP contribution in [-0.4, -0.2) is 5.91 Å². The number of primary amides is 1. The maximum Gasteiger partial charge on any atom is 0.220 e. The lowest BCUT2D eigenvalue weighted by molar-refractivity contribution is -0.125. The van der Waals surface area contributed by atoms with E-state index in [1.807, 2.05) is 0 Å². The molecule has 0 aromatic heterocycles. The Morgan fingerprint density at radius 2 is 1.83 bits per heavy atom. The number of nitrogens with two attached hydrogens (primary N) is 1. The number of fused-ring (bicyclic) bond motifs is 1. The predicted molar refractivity (Wildman–Crippen MR) is 47.4 cm³/mol. The number of amides is 1. The first kappa shape index (κ1) is 8.09. The standard InChI is InChI=1S/C10H17NO/c11-10(12)9-4-2-1-3-7-5-6-8(7)9/h7-9H,1-6H2,(H2,11,12)/t7-,8-,9+/m0/s1. The van der Waals surface area contributed by atoms with Crippen molar-refractivity contribution in [1.29, 1.82) is 0 Å². The molecule has 0 saturated heterocycles. The molecule has 2 heteroatoms. The van der Waals surface area contributed by atoms with Crippen LogP contribution < -0.4 is 5.73 Å². The summed E-state index contributed by atoms with van der Waals surface area (Å²) in [7, 11) is 0. The van der Waals surface area contributed by atoms with E-state index in [0.29, 0.717) is 5.92 Å². The van der Waals surface area contributed by atoms with E-state index in [-0.39, 0.29) is 11.8 Å². The molecule has 0 spiro atoms. The summed E-state index contributed by atoms with van der Waals surface area (Å²) in [6.07, 6.45) is 7.50. The number of carbonyl (C=O) groups is 1. The largest absolute Gasteiger partial charge is 0.369 e. The van der Waals surface area contributed by atoms with Gasteiger partial charge in [-0.05, 0) is 31.1 Å². The van der Waals surface area contributed by atoms with Crippen LogP contribution in [-0.2, 0) is 4.79 Å². The van der Waals surface area contributed by atoms with Gasteiger partial charge in [0.05, 0.1) is 0 Å². The van der Waals surface area contributed by atoms with Gasteiger partial charge in [-0.25, -0.2) is 0 Å². The summed E-state index contributed by atoms with van der Waals surface area (Å²) in [5.41, 5.74) is 5.38. The fourth-order valence-corrected chi connectivity index (χ4v) is 2.82. The van der Waals surface area contributed by atoms with Crippen LogP contribution in [0.2, 0.25) is 0 Å². The molecule has 0 aromatic carbocycles. The second-order valence-electron chi connectivity index (χ2n) is 4.29. The molecule has 1 amide bonds. The third-order valence-corrected chi connectivity index (χ3v) is 3.70. The normalized spacial score (nSPS) is 40.8. The Hall–Kier alpha value is -0.530. The van der Waals surface area contributed by atoms with Gasteiger partial charge in [-0.1, -0.05) is 19.3 Å². The summed E-state index contributed by atoms with van der Waals surface area (Å²) in [6, 6.07) is 0. The van der Waals surface area contributed by atoms with Crippen molar-refractivity contribution in [2.75, 3.05) is 0 Å². The van der Waals surface area contributed by atoms with E-state index in [9.17, 15) is 4.79 Å². The van der Waals surface area contributed by atoms with Crippen LogP contribution in [0.4, 0.5) is 0 Å². The summed E-state index contributed by atoms with van der Waals surface area (Å²) in [5, 5.41) is 0. The molecule has 2 N–H and O–H groups in total. The third-order valence-electron chi connectivity index (χ3n) is 3.70. The number of carbonyl (C=O) groups excluding carboxylic acids is 1. The molecule has 2 nitrogen and oxygen atoms in total. The van der Waals surface area contributed by atoms with Crippen molar-refractivity contribution < 1.29 is 4.79 Å². The quantitative estimate of drug-likeness (QED) is 0.634. The highest BCUT2D eigenvalue weighted by molar-refractivity contribution is 5.77. The summed E-state index contributed by atoms with van der Waals surface area (Å²) >= 11 is 0. The highest BCUT2D eigenvalue weighted by atomic mass is 16.1. The fourth-order valence-electron chi connectivity index (χ4n) is 2.82. The molecule has 12 heavy (non-hydrogen) atoms. The third kappa shape index (κ3) is 1.23. The van der Waals surface area contributed by atoms with Gasteiger partial charge in [-0.2, -0.15) is 0 Å². The van der Waals surface area contributed by atoms with Crippen LogP contribution in [0.1, 0.15) is 38.5 Å². The molecule has 2 rings (SSSR count). The van der Waals surface area contributed by atoms with Gasteiger partial charge in [0.25, 0.3) is 0 Å². The smallest absolute Gasteiger partial charge is 0.220 e. The Bertz CT molecular complexity index is 190. The summed E-state index contributed by atoms with van der Waals surface area (Å²) < 4.78 is 0. The molecule has 0 bridgehead atoms. The van der Waals surface area contributed by atoms with E-state index < -0.39 is 0 Å². The molecule has 0 aromatic rings. The Labute approximate surface area is 73.5 Å². The van der Waals surface area contributed by atoms with E-state index >= 15 is 0 Å². The summed E-state index contributed by atoms with van der Waals surface area (Å²) in [4.78, 5) is 11.1. The minimum atomic E-state index is -0.0494. The second-order valence-corrected chi connectivity index (χ2v) is 4.29. The molecule has 2 aliphatic rings. The lowest BCUT2D eigenvalue weighted by atomic mass is 9.66. The van der Waals surface area contributed by atoms with Gasteiger partial charge in [0.1, 0.15) is 0 Å². The SMILES string of the molecule is NC(=O)[C@@H]1CCCC[C@H]2CC[C@@H]21. The van der Waals surface area contributed by atoms with Crippen LogP contribution in [0, 0.1) is 17.8 Å². The molecule has 2 saturated carbocycles. The molecular formula is C10H17NO. The number of rotatable bonds is 1. The van der Waals surface area contributed by atoms with Gasteiger partial charge in [0.2, 0.25) is 5.91 Å². The van der Waals surface area contributed by atoms with Crippen LogP contribution in [0.3, 0.4) is 0 Å². The Morgan fingerprint density at radius 3 is 2.42 bits per heavy atom. The van der Waals surface area contributed by atoms with Crippen molar-refractivity contribution in [2.45, 2.75) is 38.5 Å². The Morgan fingerprint density at radius 1 is 1.08 bits per heavy atom. The lowest BCUT2D eigenvalue weighted by Crippen LogP contribution is -2.38. The highest BCUT2D eigenvalue weighted by Crippen LogP contribution is 2.46. The van der Waals surface area contributed by atoms with E-state index in [4.69, 9.17) is 5.73 Å². The van der Waals surface area contributed by atoms with Crippen molar-refractivity contribution >= 4 is 5.91 Å².